The molecule has 10 nitrogen and oxygen atoms in total. The first kappa shape index (κ1) is 34.1. The Labute approximate surface area is 275 Å². The van der Waals surface area contributed by atoms with E-state index >= 15 is 0 Å². The van der Waals surface area contributed by atoms with Crippen LogP contribution in [0.2, 0.25) is 10.0 Å². The number of benzene rings is 2. The summed E-state index contributed by atoms with van der Waals surface area (Å²) in [6.45, 7) is 0.0216. The molecule has 1 aliphatic heterocycles. The fourth-order valence-electron chi connectivity index (χ4n) is 4.86. The quantitative estimate of drug-likeness (QED) is 0.159. The average Bonchev–Trinajstić information content (AvgIpc) is 3.83. The SMILES string of the molecule is CS(=O)(=O)Oc1cc(C(=O)O[C@@H](Cc2c(Cl)c[nH+]cc2Cl)c2ccc(OC(F)F)c(OCC3CC3)c2)ccc1CN1CCOCC1. The molecule has 0 spiro atoms. The fraction of sp³-hybridized carbons (Fsp3) is 0.419. The first-order chi connectivity index (χ1) is 21.9. The maximum Gasteiger partial charge on any atom is 0.387 e. The number of nitrogens with one attached hydrogen (secondary N) is 1. The Bertz CT molecular complexity index is 1630. The van der Waals surface area contributed by atoms with Crippen LogP contribution in [-0.4, -0.2) is 65.1 Å². The molecule has 2 fully saturated rings. The van der Waals surface area contributed by atoms with E-state index in [1.165, 1.54) is 42.7 Å². The van der Waals surface area contributed by atoms with E-state index in [0.29, 0.717) is 62.1 Å². The summed E-state index contributed by atoms with van der Waals surface area (Å²) < 4.78 is 77.7. The second-order valence-corrected chi connectivity index (χ2v) is 13.5. The van der Waals surface area contributed by atoms with E-state index in [9.17, 15) is 22.0 Å². The summed E-state index contributed by atoms with van der Waals surface area (Å²) in [6.07, 6.45) is 4.90. The Morgan fingerprint density at radius 2 is 1.76 bits per heavy atom. The Balaban J connectivity index is 1.46. The van der Waals surface area contributed by atoms with Crippen molar-refractivity contribution in [3.63, 3.8) is 0 Å². The van der Waals surface area contributed by atoms with Crippen molar-refractivity contribution in [3.8, 4) is 17.2 Å². The number of morpholine rings is 1. The highest BCUT2D eigenvalue weighted by atomic mass is 35.5. The van der Waals surface area contributed by atoms with Crippen LogP contribution in [0.3, 0.4) is 0 Å². The molecule has 2 aliphatic rings. The van der Waals surface area contributed by atoms with Gasteiger partial charge in [-0.25, -0.2) is 9.78 Å². The monoisotopic (exact) mass is 701 g/mol. The molecule has 2 aromatic carbocycles. The van der Waals surface area contributed by atoms with Gasteiger partial charge in [0, 0.05) is 37.2 Å². The van der Waals surface area contributed by atoms with Gasteiger partial charge >= 0.3 is 22.7 Å². The molecule has 0 radical (unpaired) electrons. The summed E-state index contributed by atoms with van der Waals surface area (Å²) >= 11 is 12.9. The Hall–Kier alpha value is -3.23. The number of nitrogens with zero attached hydrogens (tertiary/aromatic N) is 1. The van der Waals surface area contributed by atoms with Gasteiger partial charge in [-0.3, -0.25) is 4.90 Å². The molecule has 0 amide bonds. The second kappa shape index (κ2) is 15.1. The molecule has 46 heavy (non-hydrogen) atoms. The summed E-state index contributed by atoms with van der Waals surface area (Å²) in [5.74, 6) is -0.573. The third-order valence-corrected chi connectivity index (χ3v) is 8.56. The zero-order valence-electron chi connectivity index (χ0n) is 24.8. The molecule has 0 unspecified atom stereocenters. The molecule has 1 saturated carbocycles. The van der Waals surface area contributed by atoms with Crippen LogP contribution in [0.1, 0.15) is 46.0 Å². The lowest BCUT2D eigenvalue weighted by molar-refractivity contribution is -0.377. The first-order valence-corrected chi connectivity index (χ1v) is 17.1. The predicted octanol–water partition coefficient (Wildman–Crippen LogP) is 5.51. The van der Waals surface area contributed by atoms with Crippen LogP contribution in [0.15, 0.2) is 48.8 Å². The highest BCUT2D eigenvalue weighted by molar-refractivity contribution is 7.86. The van der Waals surface area contributed by atoms with Gasteiger partial charge < -0.3 is 23.1 Å². The normalized spacial score (nSPS) is 16.2. The van der Waals surface area contributed by atoms with Gasteiger partial charge in [0.2, 0.25) is 0 Å². The van der Waals surface area contributed by atoms with Gasteiger partial charge in [-0.2, -0.15) is 17.2 Å². The molecule has 3 aromatic rings. The van der Waals surface area contributed by atoms with Crippen LogP contribution < -0.4 is 18.6 Å². The van der Waals surface area contributed by atoms with Crippen molar-refractivity contribution in [2.24, 2.45) is 5.92 Å². The van der Waals surface area contributed by atoms with E-state index in [1.54, 1.807) is 6.07 Å². The number of alkyl halides is 2. The minimum Gasteiger partial charge on any atom is -0.489 e. The maximum absolute atomic E-state index is 13.6. The van der Waals surface area contributed by atoms with Crippen LogP contribution in [-0.2, 0) is 32.6 Å². The fourth-order valence-corrected chi connectivity index (χ4v) is 5.87. The molecule has 1 aliphatic carbocycles. The number of carbonyl (C=O) groups is 1. The predicted molar refractivity (Wildman–Crippen MR) is 164 cm³/mol. The summed E-state index contributed by atoms with van der Waals surface area (Å²) in [5.41, 5.74) is 1.45. The minimum absolute atomic E-state index is 0.00561. The highest BCUT2D eigenvalue weighted by Gasteiger charge is 2.27. The first-order valence-electron chi connectivity index (χ1n) is 14.5. The van der Waals surface area contributed by atoms with Gasteiger partial charge in [-0.05, 0) is 48.6 Å². The third-order valence-electron chi connectivity index (χ3n) is 7.40. The lowest BCUT2D eigenvalue weighted by atomic mass is 10.0. The van der Waals surface area contributed by atoms with Gasteiger partial charge in [0.15, 0.2) is 23.9 Å². The van der Waals surface area contributed by atoms with Crippen LogP contribution in [0.4, 0.5) is 8.78 Å². The van der Waals surface area contributed by atoms with Crippen molar-refractivity contribution < 1.29 is 50.1 Å². The number of aromatic amines is 1. The molecule has 1 aromatic heterocycles. The minimum atomic E-state index is -3.93. The van der Waals surface area contributed by atoms with E-state index in [4.69, 9.17) is 41.6 Å². The lowest BCUT2D eigenvalue weighted by Crippen LogP contribution is -2.35. The molecular formula is C31H33Cl2F2N2O8S+. The number of hydrogen-bond acceptors (Lipinski definition) is 9. The number of esters is 1. The Kier molecular flexibility index (Phi) is 11.2. The van der Waals surface area contributed by atoms with Crippen LogP contribution in [0, 0.1) is 5.92 Å². The largest absolute Gasteiger partial charge is 0.489 e. The van der Waals surface area contributed by atoms with Crippen LogP contribution in [0.5, 0.6) is 17.2 Å². The second-order valence-electron chi connectivity index (χ2n) is 11.1. The molecule has 2 heterocycles. The maximum atomic E-state index is 13.6. The summed E-state index contributed by atoms with van der Waals surface area (Å²) in [7, 11) is -3.93. The summed E-state index contributed by atoms with van der Waals surface area (Å²) in [4.78, 5) is 18.6. The van der Waals surface area contributed by atoms with Crippen molar-refractivity contribution in [3.05, 3.63) is 81.1 Å². The van der Waals surface area contributed by atoms with Crippen molar-refractivity contribution in [1.29, 1.82) is 0 Å². The zero-order valence-corrected chi connectivity index (χ0v) is 27.2. The topological polar surface area (TPSA) is 115 Å². The van der Waals surface area contributed by atoms with Crippen LogP contribution in [0.25, 0.3) is 0 Å². The number of H-pyrrole nitrogens is 1. The molecule has 1 saturated heterocycles. The Morgan fingerprint density at radius 3 is 2.41 bits per heavy atom. The number of hydrogen-bond donors (Lipinski definition) is 0. The van der Waals surface area contributed by atoms with Crippen molar-refractivity contribution in [2.45, 2.75) is 38.5 Å². The number of pyridine rings is 1. The van der Waals surface area contributed by atoms with Crippen LogP contribution >= 0.6 is 23.2 Å². The van der Waals surface area contributed by atoms with E-state index in [1.807, 2.05) is 0 Å². The van der Waals surface area contributed by atoms with Crippen molar-refractivity contribution in [2.75, 3.05) is 39.2 Å². The highest BCUT2D eigenvalue weighted by Crippen LogP contribution is 2.38. The van der Waals surface area contributed by atoms with E-state index in [2.05, 4.69) is 14.6 Å². The van der Waals surface area contributed by atoms with Gasteiger partial charge in [-0.15, -0.1) is 0 Å². The van der Waals surface area contributed by atoms with Gasteiger partial charge in [-0.1, -0.05) is 35.3 Å². The standard InChI is InChI=1S/C31H32Cl2F2N2O8S/c1-46(39,40)45-28-13-21(4-5-22(28)17-37-8-10-41-11-9-37)30(38)43-27(14-23-24(32)15-36-16-25(23)33)20-6-7-26(44-31(34)35)29(12-20)42-18-19-2-3-19/h4-7,12-13,15-16,19,27,31H,2-3,8-11,14,17-18H2,1H3/p+1/t27-/m0/s1. The number of halogens is 4. The average molecular weight is 703 g/mol. The molecule has 248 valence electrons. The number of aromatic nitrogens is 1. The van der Waals surface area contributed by atoms with Crippen molar-refractivity contribution in [1.82, 2.24) is 4.90 Å². The van der Waals surface area contributed by atoms with E-state index in [0.717, 1.165) is 19.1 Å². The van der Waals surface area contributed by atoms with E-state index in [-0.39, 0.29) is 39.3 Å². The molecule has 5 rings (SSSR count). The zero-order chi connectivity index (χ0) is 32.8. The molecule has 1 atom stereocenters. The van der Waals surface area contributed by atoms with Crippen molar-refractivity contribution >= 4 is 39.3 Å². The summed E-state index contributed by atoms with van der Waals surface area (Å²) in [5, 5.41) is 0.570. The molecule has 15 heteroatoms. The lowest BCUT2D eigenvalue weighted by Gasteiger charge is -2.27. The number of carbonyl (C=O) groups excluding carboxylic acids is 1. The smallest absolute Gasteiger partial charge is 0.387 e. The molecule has 0 bridgehead atoms. The third kappa shape index (κ3) is 9.64. The summed E-state index contributed by atoms with van der Waals surface area (Å²) in [6, 6.07) is 8.75. The van der Waals surface area contributed by atoms with E-state index < -0.39 is 28.8 Å². The Morgan fingerprint density at radius 1 is 1.04 bits per heavy atom. The number of rotatable bonds is 14. The van der Waals surface area contributed by atoms with Gasteiger partial charge in [0.1, 0.15) is 21.9 Å². The molecular weight excluding hydrogens is 669 g/mol. The van der Waals surface area contributed by atoms with Gasteiger partial charge in [0.25, 0.3) is 0 Å². The van der Waals surface area contributed by atoms with Gasteiger partial charge in [0.05, 0.1) is 31.6 Å². The molecule has 1 N–H and O–H groups in total. The number of ether oxygens (including phenoxy) is 4.